The molecule has 1 aromatic heterocycles. The van der Waals surface area contributed by atoms with Crippen molar-refractivity contribution in [2.24, 2.45) is 0 Å². The molecule has 0 unspecified atom stereocenters. The van der Waals surface area contributed by atoms with Crippen molar-refractivity contribution < 1.29 is 14.1 Å². The average molecular weight is 413 g/mol. The molecule has 1 N–H and O–H groups in total. The van der Waals surface area contributed by atoms with Gasteiger partial charge in [0.1, 0.15) is 0 Å². The predicted molar refractivity (Wildman–Crippen MR) is 111 cm³/mol. The van der Waals surface area contributed by atoms with Crippen molar-refractivity contribution in [2.75, 3.05) is 19.4 Å². The lowest BCUT2D eigenvalue weighted by Gasteiger charge is -2.11. The number of benzene rings is 2. The fourth-order valence-electron chi connectivity index (χ4n) is 2.68. The number of anilines is 1. The highest BCUT2D eigenvalue weighted by atomic mass is 35.5. The highest BCUT2D eigenvalue weighted by Gasteiger charge is 2.11. The van der Waals surface area contributed by atoms with Crippen LogP contribution >= 0.6 is 11.6 Å². The minimum absolute atomic E-state index is 0.117. The number of carbonyl (C=O) groups is 2. The number of carbonyl (C=O) groups excluding carboxylic acids is 2. The van der Waals surface area contributed by atoms with Gasteiger partial charge >= 0.3 is 0 Å². The highest BCUT2D eigenvalue weighted by molar-refractivity contribution is 6.30. The van der Waals surface area contributed by atoms with E-state index in [9.17, 15) is 9.59 Å². The monoisotopic (exact) mass is 412 g/mol. The molecule has 3 rings (SSSR count). The SMILES string of the molecule is CN(C)C(=O)c1cccc(NC(=O)CCCc2nc(-c3ccc(Cl)cc3)no2)c1. The molecule has 8 heteroatoms. The van der Waals surface area contributed by atoms with E-state index in [4.69, 9.17) is 16.1 Å². The van der Waals surface area contributed by atoms with Crippen LogP contribution in [0.1, 0.15) is 29.1 Å². The van der Waals surface area contributed by atoms with Crippen LogP contribution in [0.5, 0.6) is 0 Å². The molecule has 1 heterocycles. The van der Waals surface area contributed by atoms with Crippen LogP contribution in [-0.2, 0) is 11.2 Å². The third-order valence-electron chi connectivity index (χ3n) is 4.16. The van der Waals surface area contributed by atoms with Gasteiger partial charge in [-0.1, -0.05) is 22.8 Å². The summed E-state index contributed by atoms with van der Waals surface area (Å²) in [5.74, 6) is 0.704. The van der Waals surface area contributed by atoms with E-state index in [1.165, 1.54) is 4.90 Å². The molecule has 2 aromatic carbocycles. The number of amides is 2. The highest BCUT2D eigenvalue weighted by Crippen LogP contribution is 2.19. The molecule has 0 fully saturated rings. The Hall–Kier alpha value is -3.19. The van der Waals surface area contributed by atoms with Crippen molar-refractivity contribution in [1.29, 1.82) is 0 Å². The number of nitrogens with one attached hydrogen (secondary N) is 1. The quantitative estimate of drug-likeness (QED) is 0.632. The van der Waals surface area contributed by atoms with E-state index in [-0.39, 0.29) is 11.8 Å². The van der Waals surface area contributed by atoms with Gasteiger partial charge in [-0.15, -0.1) is 0 Å². The predicted octanol–water partition coefficient (Wildman–Crippen LogP) is 4.05. The van der Waals surface area contributed by atoms with Gasteiger partial charge in [0.05, 0.1) is 0 Å². The summed E-state index contributed by atoms with van der Waals surface area (Å²) >= 11 is 5.88. The molecule has 0 saturated heterocycles. The van der Waals surface area contributed by atoms with E-state index < -0.39 is 0 Å². The first-order valence-electron chi connectivity index (χ1n) is 9.12. The van der Waals surface area contributed by atoms with Gasteiger partial charge in [-0.2, -0.15) is 4.98 Å². The zero-order valence-corrected chi connectivity index (χ0v) is 16.9. The van der Waals surface area contributed by atoms with Gasteiger partial charge in [-0.05, 0) is 48.9 Å². The Kier molecular flexibility index (Phi) is 6.61. The van der Waals surface area contributed by atoms with Crippen molar-refractivity contribution in [1.82, 2.24) is 15.0 Å². The lowest BCUT2D eigenvalue weighted by Crippen LogP contribution is -2.21. The molecule has 0 saturated carbocycles. The van der Waals surface area contributed by atoms with E-state index >= 15 is 0 Å². The van der Waals surface area contributed by atoms with Crippen molar-refractivity contribution in [3.05, 3.63) is 65.0 Å². The molecule has 0 aliphatic rings. The van der Waals surface area contributed by atoms with E-state index in [2.05, 4.69) is 15.5 Å². The minimum Gasteiger partial charge on any atom is -0.345 e. The van der Waals surface area contributed by atoms with Crippen LogP contribution in [0.4, 0.5) is 5.69 Å². The van der Waals surface area contributed by atoms with Crippen molar-refractivity contribution in [3.63, 3.8) is 0 Å². The Morgan fingerprint density at radius 2 is 1.90 bits per heavy atom. The molecule has 7 nitrogen and oxygen atoms in total. The Labute approximate surface area is 173 Å². The normalized spacial score (nSPS) is 10.6. The number of hydrogen-bond donors (Lipinski definition) is 1. The Balaban J connectivity index is 1.50. The molecule has 0 aliphatic carbocycles. The molecule has 0 aliphatic heterocycles. The fourth-order valence-corrected chi connectivity index (χ4v) is 2.81. The van der Waals surface area contributed by atoms with E-state index in [0.717, 1.165) is 5.56 Å². The molecular formula is C21H21ClN4O3. The number of aromatic nitrogens is 2. The largest absolute Gasteiger partial charge is 0.345 e. The van der Waals surface area contributed by atoms with Gasteiger partial charge in [0.25, 0.3) is 5.91 Å². The van der Waals surface area contributed by atoms with E-state index in [1.807, 2.05) is 12.1 Å². The van der Waals surface area contributed by atoms with Gasteiger partial charge in [0.15, 0.2) is 0 Å². The van der Waals surface area contributed by atoms with Crippen LogP contribution < -0.4 is 5.32 Å². The zero-order chi connectivity index (χ0) is 20.8. The number of nitrogens with zero attached hydrogens (tertiary/aromatic N) is 3. The molecule has 3 aromatic rings. The number of halogens is 1. The van der Waals surface area contributed by atoms with Crippen LogP contribution in [0.3, 0.4) is 0 Å². The van der Waals surface area contributed by atoms with Gasteiger partial charge in [0, 0.05) is 48.8 Å². The van der Waals surface area contributed by atoms with Crippen LogP contribution in [0.2, 0.25) is 5.02 Å². The molecule has 0 atom stereocenters. The third-order valence-corrected chi connectivity index (χ3v) is 4.42. The second kappa shape index (κ2) is 9.34. The summed E-state index contributed by atoms with van der Waals surface area (Å²) in [5.41, 5.74) is 1.92. The first kappa shape index (κ1) is 20.5. The van der Waals surface area contributed by atoms with E-state index in [0.29, 0.717) is 47.3 Å². The lowest BCUT2D eigenvalue weighted by molar-refractivity contribution is -0.116. The summed E-state index contributed by atoms with van der Waals surface area (Å²) in [7, 11) is 3.37. The molecule has 0 radical (unpaired) electrons. The second-order valence-electron chi connectivity index (χ2n) is 6.70. The topological polar surface area (TPSA) is 88.3 Å². The Bertz CT molecular complexity index is 999. The molecule has 0 bridgehead atoms. The number of rotatable bonds is 7. The first-order valence-corrected chi connectivity index (χ1v) is 9.50. The van der Waals surface area contributed by atoms with Gasteiger partial charge in [-0.25, -0.2) is 0 Å². The first-order chi connectivity index (χ1) is 13.9. The maximum atomic E-state index is 12.2. The molecule has 150 valence electrons. The van der Waals surface area contributed by atoms with E-state index in [1.54, 1.807) is 50.5 Å². The summed E-state index contributed by atoms with van der Waals surface area (Å²) in [4.78, 5) is 30.0. The standard InChI is InChI=1S/C21H21ClN4O3/c1-26(2)21(28)15-5-3-6-17(13-15)23-18(27)7-4-8-19-24-20(25-29-19)14-9-11-16(22)12-10-14/h3,5-6,9-13H,4,7-8H2,1-2H3,(H,23,27). The van der Waals surface area contributed by atoms with Crippen molar-refractivity contribution in [2.45, 2.75) is 19.3 Å². The average Bonchev–Trinajstić information content (AvgIpc) is 3.17. The third kappa shape index (κ3) is 5.65. The van der Waals surface area contributed by atoms with Gasteiger partial charge in [0.2, 0.25) is 17.6 Å². The molecular weight excluding hydrogens is 392 g/mol. The Morgan fingerprint density at radius 1 is 1.14 bits per heavy atom. The molecule has 2 amide bonds. The lowest BCUT2D eigenvalue weighted by atomic mass is 10.1. The van der Waals surface area contributed by atoms with Gasteiger partial charge < -0.3 is 14.7 Å². The van der Waals surface area contributed by atoms with Gasteiger partial charge in [-0.3, -0.25) is 9.59 Å². The summed E-state index contributed by atoms with van der Waals surface area (Å²) in [6.45, 7) is 0. The van der Waals surface area contributed by atoms with Crippen LogP contribution in [0.25, 0.3) is 11.4 Å². The Morgan fingerprint density at radius 3 is 2.62 bits per heavy atom. The van der Waals surface area contributed by atoms with Crippen LogP contribution in [0.15, 0.2) is 53.1 Å². The number of hydrogen-bond acceptors (Lipinski definition) is 5. The summed E-state index contributed by atoms with van der Waals surface area (Å²) < 4.78 is 5.25. The smallest absolute Gasteiger partial charge is 0.253 e. The second-order valence-corrected chi connectivity index (χ2v) is 7.14. The zero-order valence-electron chi connectivity index (χ0n) is 16.2. The maximum Gasteiger partial charge on any atom is 0.253 e. The minimum atomic E-state index is -0.142. The number of aryl methyl sites for hydroxylation is 1. The summed E-state index contributed by atoms with van der Waals surface area (Å²) in [6, 6.07) is 14.0. The van der Waals surface area contributed by atoms with Crippen LogP contribution in [-0.4, -0.2) is 41.0 Å². The summed E-state index contributed by atoms with van der Waals surface area (Å²) in [5, 5.41) is 7.41. The fraction of sp³-hybridized carbons (Fsp3) is 0.238. The van der Waals surface area contributed by atoms with Crippen LogP contribution in [0, 0.1) is 0 Å². The summed E-state index contributed by atoms with van der Waals surface area (Å²) in [6.07, 6.45) is 1.35. The van der Waals surface area contributed by atoms with Crippen molar-refractivity contribution >= 4 is 29.1 Å². The van der Waals surface area contributed by atoms with Crippen molar-refractivity contribution in [3.8, 4) is 11.4 Å². The molecule has 0 spiro atoms. The molecule has 29 heavy (non-hydrogen) atoms. The maximum absolute atomic E-state index is 12.2.